The van der Waals surface area contributed by atoms with Crippen molar-refractivity contribution in [3.8, 4) is 28.1 Å². The molecule has 2 amide bonds. The third-order valence-corrected chi connectivity index (χ3v) is 5.79. The molecule has 5 aromatic rings. The van der Waals surface area contributed by atoms with Crippen molar-refractivity contribution in [2.45, 2.75) is 13.5 Å². The Morgan fingerprint density at radius 1 is 1.05 bits per heavy atom. The van der Waals surface area contributed by atoms with Crippen molar-refractivity contribution in [1.82, 2.24) is 29.8 Å². The summed E-state index contributed by atoms with van der Waals surface area (Å²) in [6.45, 7) is 2.70. The second-order valence-electron chi connectivity index (χ2n) is 8.27. The Bertz CT molecular complexity index is 1630. The minimum atomic E-state index is -0.362. The highest BCUT2D eigenvalue weighted by atomic mass is 16.5. The minimum Gasteiger partial charge on any atom is -0.497 e. The van der Waals surface area contributed by atoms with Crippen LogP contribution < -0.4 is 20.9 Å². The van der Waals surface area contributed by atoms with Gasteiger partial charge in [-0.05, 0) is 54.4 Å². The highest BCUT2D eigenvalue weighted by Gasteiger charge is 2.16. The standard InChI is InChI=1S/C27H25N7O3/c1-3-28-27(36)33-26-31-23-13-18(12-21(25(23)32-26)22-15-20(37-2)7-10-30-22)17-8-11-34(24(35)14-17)16-19-6-4-5-9-29-19/h4-15H,3,16H2,1-2H3,(H3,28,31,32,33,36). The number of carbonyl (C=O) groups excluding carboxylic acids is 1. The number of hydrogen-bond acceptors (Lipinski definition) is 6. The normalized spacial score (nSPS) is 10.9. The largest absolute Gasteiger partial charge is 0.497 e. The summed E-state index contributed by atoms with van der Waals surface area (Å²) in [6.07, 6.45) is 5.12. The molecule has 0 saturated heterocycles. The fourth-order valence-corrected chi connectivity index (χ4v) is 4.02. The van der Waals surface area contributed by atoms with Gasteiger partial charge in [0.05, 0.1) is 36.1 Å². The number of anilines is 1. The van der Waals surface area contributed by atoms with Crippen LogP contribution in [0.1, 0.15) is 12.6 Å². The Labute approximate surface area is 212 Å². The van der Waals surface area contributed by atoms with Crippen LogP contribution in [0, 0.1) is 0 Å². The number of hydrogen-bond donors (Lipinski definition) is 3. The highest BCUT2D eigenvalue weighted by Crippen LogP contribution is 2.33. The Morgan fingerprint density at radius 3 is 2.70 bits per heavy atom. The molecule has 4 heterocycles. The molecule has 4 aromatic heterocycles. The van der Waals surface area contributed by atoms with E-state index in [-0.39, 0.29) is 11.6 Å². The average Bonchev–Trinajstić information content (AvgIpc) is 3.32. The lowest BCUT2D eigenvalue weighted by Crippen LogP contribution is -2.28. The zero-order valence-electron chi connectivity index (χ0n) is 20.4. The number of rotatable bonds is 7. The second kappa shape index (κ2) is 10.3. The molecule has 0 fully saturated rings. The molecule has 10 nitrogen and oxygen atoms in total. The first-order valence-electron chi connectivity index (χ1n) is 11.7. The fraction of sp³-hybridized carbons (Fsp3) is 0.148. The number of urea groups is 1. The number of ether oxygens (including phenoxy) is 1. The zero-order chi connectivity index (χ0) is 25.8. The van der Waals surface area contributed by atoms with Crippen LogP contribution in [-0.2, 0) is 6.54 Å². The number of imidazole rings is 1. The lowest BCUT2D eigenvalue weighted by Gasteiger charge is -2.10. The number of amides is 2. The summed E-state index contributed by atoms with van der Waals surface area (Å²) < 4.78 is 6.99. The van der Waals surface area contributed by atoms with E-state index < -0.39 is 0 Å². The molecule has 0 atom stereocenters. The molecule has 5 rings (SSSR count). The van der Waals surface area contributed by atoms with Crippen molar-refractivity contribution >= 4 is 23.0 Å². The van der Waals surface area contributed by atoms with Gasteiger partial charge in [0.1, 0.15) is 5.75 Å². The van der Waals surface area contributed by atoms with Gasteiger partial charge in [0, 0.05) is 42.8 Å². The van der Waals surface area contributed by atoms with Gasteiger partial charge in [0.15, 0.2) is 0 Å². The predicted molar refractivity (Wildman–Crippen MR) is 142 cm³/mol. The molecule has 0 aliphatic rings. The molecule has 37 heavy (non-hydrogen) atoms. The van der Waals surface area contributed by atoms with Crippen LogP contribution in [0.5, 0.6) is 5.75 Å². The van der Waals surface area contributed by atoms with Crippen molar-refractivity contribution in [3.05, 3.63) is 89.2 Å². The van der Waals surface area contributed by atoms with Gasteiger partial charge in [-0.1, -0.05) is 6.07 Å². The molecule has 0 radical (unpaired) electrons. The van der Waals surface area contributed by atoms with Crippen molar-refractivity contribution in [1.29, 1.82) is 0 Å². The number of nitrogens with one attached hydrogen (secondary N) is 3. The first kappa shape index (κ1) is 23.7. The number of methoxy groups -OCH3 is 1. The molecule has 0 spiro atoms. The number of carbonyl (C=O) groups is 1. The lowest BCUT2D eigenvalue weighted by atomic mass is 10.0. The van der Waals surface area contributed by atoms with Gasteiger partial charge in [0.2, 0.25) is 5.95 Å². The SMILES string of the molecule is CCNC(=O)Nc1nc2c(-c3cc(OC)ccn3)cc(-c3ccn(Cc4ccccn4)c(=O)c3)cc2[nH]1. The summed E-state index contributed by atoms with van der Waals surface area (Å²) in [4.78, 5) is 41.6. The molecule has 0 unspecified atom stereocenters. The summed E-state index contributed by atoms with van der Waals surface area (Å²) in [5.41, 5.74) is 4.86. The average molecular weight is 496 g/mol. The third kappa shape index (κ3) is 5.18. The molecule has 0 bridgehead atoms. The van der Waals surface area contributed by atoms with Gasteiger partial charge in [-0.25, -0.2) is 9.78 Å². The van der Waals surface area contributed by atoms with Gasteiger partial charge in [-0.3, -0.25) is 20.1 Å². The Kier molecular flexibility index (Phi) is 6.62. The summed E-state index contributed by atoms with van der Waals surface area (Å²) in [5, 5.41) is 5.40. The Balaban J connectivity index is 1.59. The number of benzene rings is 1. The molecular formula is C27H25N7O3. The molecule has 0 aliphatic carbocycles. The molecular weight excluding hydrogens is 470 g/mol. The maximum atomic E-state index is 12.9. The molecule has 0 aliphatic heterocycles. The molecule has 186 valence electrons. The third-order valence-electron chi connectivity index (χ3n) is 5.79. The van der Waals surface area contributed by atoms with E-state index in [1.54, 1.807) is 42.4 Å². The maximum absolute atomic E-state index is 12.9. The number of aromatic amines is 1. The van der Waals surface area contributed by atoms with Crippen LogP contribution in [0.4, 0.5) is 10.7 Å². The fourth-order valence-electron chi connectivity index (χ4n) is 4.02. The Morgan fingerprint density at radius 2 is 1.95 bits per heavy atom. The van der Waals surface area contributed by atoms with Crippen molar-refractivity contribution in [2.24, 2.45) is 0 Å². The van der Waals surface area contributed by atoms with Gasteiger partial charge < -0.3 is 19.6 Å². The first-order chi connectivity index (χ1) is 18.0. The minimum absolute atomic E-state index is 0.146. The molecule has 0 saturated carbocycles. The number of pyridine rings is 3. The van der Waals surface area contributed by atoms with E-state index in [0.29, 0.717) is 41.5 Å². The number of aromatic nitrogens is 5. The van der Waals surface area contributed by atoms with Crippen molar-refractivity contribution in [3.63, 3.8) is 0 Å². The van der Waals surface area contributed by atoms with E-state index in [1.165, 1.54) is 0 Å². The van der Waals surface area contributed by atoms with Crippen LogP contribution in [0.3, 0.4) is 0 Å². The van der Waals surface area contributed by atoms with Crippen LogP contribution in [0.15, 0.2) is 78.0 Å². The number of H-pyrrole nitrogens is 1. The van der Waals surface area contributed by atoms with Crippen LogP contribution in [-0.4, -0.2) is 44.2 Å². The predicted octanol–water partition coefficient (Wildman–Crippen LogP) is 4.05. The Hall–Kier alpha value is -4.99. The van der Waals surface area contributed by atoms with E-state index in [0.717, 1.165) is 22.4 Å². The monoisotopic (exact) mass is 495 g/mol. The smallest absolute Gasteiger partial charge is 0.321 e. The van der Waals surface area contributed by atoms with Crippen LogP contribution >= 0.6 is 0 Å². The van der Waals surface area contributed by atoms with Gasteiger partial charge in [0.25, 0.3) is 5.56 Å². The summed E-state index contributed by atoms with van der Waals surface area (Å²) >= 11 is 0. The number of fused-ring (bicyclic) bond motifs is 1. The van der Waals surface area contributed by atoms with Crippen molar-refractivity contribution in [2.75, 3.05) is 19.0 Å². The lowest BCUT2D eigenvalue weighted by molar-refractivity contribution is 0.252. The summed E-state index contributed by atoms with van der Waals surface area (Å²) in [5.74, 6) is 0.949. The van der Waals surface area contributed by atoms with Gasteiger partial charge >= 0.3 is 6.03 Å². The van der Waals surface area contributed by atoms with E-state index in [9.17, 15) is 9.59 Å². The number of nitrogens with zero attached hydrogens (tertiary/aromatic N) is 4. The molecule has 10 heteroatoms. The molecule has 1 aromatic carbocycles. The van der Waals surface area contributed by atoms with Crippen LogP contribution in [0.25, 0.3) is 33.4 Å². The summed E-state index contributed by atoms with van der Waals surface area (Å²) in [7, 11) is 1.59. The van der Waals surface area contributed by atoms with E-state index >= 15 is 0 Å². The van der Waals surface area contributed by atoms with E-state index in [1.807, 2.05) is 49.4 Å². The zero-order valence-corrected chi connectivity index (χ0v) is 20.4. The maximum Gasteiger partial charge on any atom is 0.321 e. The topological polar surface area (TPSA) is 127 Å². The van der Waals surface area contributed by atoms with Gasteiger partial charge in [-0.2, -0.15) is 0 Å². The molecule has 3 N–H and O–H groups in total. The summed E-state index contributed by atoms with van der Waals surface area (Å²) in [6, 6.07) is 16.1. The second-order valence-corrected chi connectivity index (χ2v) is 8.27. The first-order valence-corrected chi connectivity index (χ1v) is 11.7. The highest BCUT2D eigenvalue weighted by molar-refractivity contribution is 5.98. The van der Waals surface area contributed by atoms with E-state index in [4.69, 9.17) is 4.74 Å². The quantitative estimate of drug-likeness (QED) is 0.313. The van der Waals surface area contributed by atoms with Gasteiger partial charge in [-0.15, -0.1) is 0 Å². The van der Waals surface area contributed by atoms with Crippen LogP contribution in [0.2, 0.25) is 0 Å². The van der Waals surface area contributed by atoms with Crippen molar-refractivity contribution < 1.29 is 9.53 Å². The van der Waals surface area contributed by atoms with E-state index in [2.05, 4.69) is 30.6 Å².